The normalized spacial score (nSPS) is 10.4. The van der Waals surface area contributed by atoms with E-state index in [1.54, 1.807) is 0 Å². The van der Waals surface area contributed by atoms with E-state index in [0.29, 0.717) is 29.2 Å². The summed E-state index contributed by atoms with van der Waals surface area (Å²) in [6, 6.07) is 22.7. The van der Waals surface area contributed by atoms with E-state index in [0.717, 1.165) is 17.1 Å². The fourth-order valence-corrected chi connectivity index (χ4v) is 2.70. The lowest BCUT2D eigenvalue weighted by molar-refractivity contribution is 1.06. The topological polar surface area (TPSA) is 127 Å². The molecule has 0 aliphatic rings. The fourth-order valence-electron chi connectivity index (χ4n) is 2.70. The van der Waals surface area contributed by atoms with E-state index in [2.05, 4.69) is 30.9 Å². The molecule has 0 amide bonds. The molecule has 4 aromatic rings. The smallest absolute Gasteiger partial charge is 0.233 e. The van der Waals surface area contributed by atoms with Crippen molar-refractivity contribution < 1.29 is 0 Å². The van der Waals surface area contributed by atoms with Crippen molar-refractivity contribution in [3.05, 3.63) is 78.4 Å². The monoisotopic (exact) mass is 398 g/mol. The highest BCUT2D eigenvalue weighted by molar-refractivity contribution is 5.63. The van der Waals surface area contributed by atoms with Crippen molar-refractivity contribution in [2.75, 3.05) is 27.4 Å². The second-order valence-electron chi connectivity index (χ2n) is 6.79. The largest absolute Gasteiger partial charge is 0.399 e. The number of benzene rings is 3. The zero-order chi connectivity index (χ0) is 20.9. The maximum Gasteiger partial charge on any atom is 0.233 e. The maximum absolute atomic E-state index is 5.76. The lowest BCUT2D eigenvalue weighted by atomic mass is 10.2. The summed E-state index contributed by atoms with van der Waals surface area (Å²) in [6.07, 6.45) is 0. The first-order chi connectivity index (χ1) is 14.5. The molecule has 1 aromatic heterocycles. The standard InChI is InChI=1S/C22H22N8/c1-14-2-8-17(9-3-14)25-20-28-21(26-18-10-4-15(23)5-11-18)30-22(29-20)27-19-12-6-16(24)7-13-19/h2-13H,23-24H2,1H3,(H3,25,26,27,28,29,30). The van der Waals surface area contributed by atoms with Gasteiger partial charge in [0, 0.05) is 28.4 Å². The van der Waals surface area contributed by atoms with Crippen molar-refractivity contribution in [3.8, 4) is 0 Å². The molecule has 0 aliphatic carbocycles. The van der Waals surface area contributed by atoms with Crippen molar-refractivity contribution in [1.29, 1.82) is 0 Å². The zero-order valence-electron chi connectivity index (χ0n) is 16.4. The van der Waals surface area contributed by atoms with Crippen LogP contribution in [0.15, 0.2) is 72.8 Å². The van der Waals surface area contributed by atoms with Gasteiger partial charge in [-0.25, -0.2) is 0 Å². The molecular weight excluding hydrogens is 376 g/mol. The minimum Gasteiger partial charge on any atom is -0.399 e. The molecule has 1 heterocycles. The molecule has 0 radical (unpaired) electrons. The van der Waals surface area contributed by atoms with Crippen LogP contribution in [-0.4, -0.2) is 15.0 Å². The number of nitrogens with zero attached hydrogens (tertiary/aromatic N) is 3. The van der Waals surface area contributed by atoms with Crippen LogP contribution in [-0.2, 0) is 0 Å². The molecule has 0 unspecified atom stereocenters. The molecule has 0 aliphatic heterocycles. The van der Waals surface area contributed by atoms with Crippen LogP contribution >= 0.6 is 0 Å². The van der Waals surface area contributed by atoms with Gasteiger partial charge in [-0.05, 0) is 67.6 Å². The van der Waals surface area contributed by atoms with Gasteiger partial charge < -0.3 is 27.4 Å². The quantitative estimate of drug-likeness (QED) is 0.299. The molecule has 0 fully saturated rings. The molecule has 0 atom stereocenters. The highest BCUT2D eigenvalue weighted by atomic mass is 15.3. The lowest BCUT2D eigenvalue weighted by Crippen LogP contribution is -2.07. The maximum atomic E-state index is 5.76. The summed E-state index contributed by atoms with van der Waals surface area (Å²) < 4.78 is 0. The summed E-state index contributed by atoms with van der Waals surface area (Å²) in [7, 11) is 0. The molecule has 30 heavy (non-hydrogen) atoms. The van der Waals surface area contributed by atoms with E-state index in [-0.39, 0.29) is 0 Å². The Morgan fingerprint density at radius 2 is 0.800 bits per heavy atom. The molecule has 8 heteroatoms. The van der Waals surface area contributed by atoms with Gasteiger partial charge in [-0.1, -0.05) is 17.7 Å². The molecule has 0 spiro atoms. The Balaban J connectivity index is 1.64. The van der Waals surface area contributed by atoms with Crippen molar-refractivity contribution in [2.24, 2.45) is 0 Å². The van der Waals surface area contributed by atoms with Gasteiger partial charge in [0.1, 0.15) is 0 Å². The Morgan fingerprint density at radius 3 is 1.13 bits per heavy atom. The SMILES string of the molecule is Cc1ccc(Nc2nc(Nc3ccc(N)cc3)nc(Nc3ccc(N)cc3)n2)cc1. The first kappa shape index (κ1) is 19.0. The first-order valence-electron chi connectivity index (χ1n) is 9.38. The number of hydrogen-bond donors (Lipinski definition) is 5. The number of hydrogen-bond acceptors (Lipinski definition) is 8. The van der Waals surface area contributed by atoms with Crippen LogP contribution < -0.4 is 27.4 Å². The Morgan fingerprint density at radius 1 is 0.500 bits per heavy atom. The van der Waals surface area contributed by atoms with Crippen LogP contribution in [0.4, 0.5) is 46.3 Å². The number of nitrogens with two attached hydrogens (primary N) is 2. The minimum absolute atomic E-state index is 0.391. The third kappa shape index (κ3) is 4.93. The van der Waals surface area contributed by atoms with E-state index < -0.39 is 0 Å². The molecule has 0 saturated carbocycles. The third-order valence-electron chi connectivity index (χ3n) is 4.28. The van der Waals surface area contributed by atoms with Crippen molar-refractivity contribution in [3.63, 3.8) is 0 Å². The molecule has 4 rings (SSSR count). The van der Waals surface area contributed by atoms with Crippen LogP contribution in [0.5, 0.6) is 0 Å². The van der Waals surface area contributed by atoms with Gasteiger partial charge in [0.15, 0.2) is 0 Å². The lowest BCUT2D eigenvalue weighted by Gasteiger charge is -2.12. The average Bonchev–Trinajstić information content (AvgIpc) is 2.73. The van der Waals surface area contributed by atoms with Crippen LogP contribution in [0.2, 0.25) is 0 Å². The predicted molar refractivity (Wildman–Crippen MR) is 123 cm³/mol. The molecule has 150 valence electrons. The van der Waals surface area contributed by atoms with E-state index in [1.165, 1.54) is 5.56 Å². The number of aromatic nitrogens is 3. The van der Waals surface area contributed by atoms with Gasteiger partial charge >= 0.3 is 0 Å². The highest BCUT2D eigenvalue weighted by Gasteiger charge is 2.08. The van der Waals surface area contributed by atoms with Gasteiger partial charge in [0.2, 0.25) is 17.8 Å². The van der Waals surface area contributed by atoms with Gasteiger partial charge in [0.05, 0.1) is 0 Å². The van der Waals surface area contributed by atoms with Gasteiger partial charge in [-0.3, -0.25) is 0 Å². The summed E-state index contributed by atoms with van der Waals surface area (Å²) in [5, 5.41) is 9.59. The van der Waals surface area contributed by atoms with Crippen molar-refractivity contribution in [1.82, 2.24) is 15.0 Å². The fraction of sp³-hybridized carbons (Fsp3) is 0.0455. The molecule has 3 aromatic carbocycles. The highest BCUT2D eigenvalue weighted by Crippen LogP contribution is 2.22. The van der Waals surface area contributed by atoms with Crippen LogP contribution in [0.3, 0.4) is 0 Å². The summed E-state index contributed by atoms with van der Waals surface area (Å²) in [4.78, 5) is 13.5. The summed E-state index contributed by atoms with van der Waals surface area (Å²) >= 11 is 0. The van der Waals surface area contributed by atoms with E-state index in [4.69, 9.17) is 11.5 Å². The molecule has 8 nitrogen and oxygen atoms in total. The van der Waals surface area contributed by atoms with E-state index in [1.807, 2.05) is 79.7 Å². The molecule has 0 bridgehead atoms. The number of nitrogen functional groups attached to an aromatic ring is 2. The van der Waals surface area contributed by atoms with Crippen LogP contribution in [0.25, 0.3) is 0 Å². The second kappa shape index (κ2) is 8.36. The Labute approximate surface area is 174 Å². The average molecular weight is 398 g/mol. The number of rotatable bonds is 6. The summed E-state index contributed by atoms with van der Waals surface area (Å²) in [5.74, 6) is 1.19. The number of aryl methyl sites for hydroxylation is 1. The predicted octanol–water partition coefficient (Wildman–Crippen LogP) is 4.58. The zero-order valence-corrected chi connectivity index (χ0v) is 16.4. The second-order valence-corrected chi connectivity index (χ2v) is 6.79. The number of nitrogens with one attached hydrogen (secondary N) is 3. The summed E-state index contributed by atoms with van der Waals surface area (Å²) in [6.45, 7) is 2.04. The van der Waals surface area contributed by atoms with Gasteiger partial charge in [0.25, 0.3) is 0 Å². The van der Waals surface area contributed by atoms with E-state index in [9.17, 15) is 0 Å². The number of anilines is 8. The van der Waals surface area contributed by atoms with Gasteiger partial charge in [-0.15, -0.1) is 0 Å². The third-order valence-corrected chi connectivity index (χ3v) is 4.28. The van der Waals surface area contributed by atoms with E-state index >= 15 is 0 Å². The van der Waals surface area contributed by atoms with Crippen molar-refractivity contribution >= 4 is 46.3 Å². The van der Waals surface area contributed by atoms with Crippen LogP contribution in [0.1, 0.15) is 5.56 Å². The van der Waals surface area contributed by atoms with Gasteiger partial charge in [-0.2, -0.15) is 15.0 Å². The molecular formula is C22H22N8. The van der Waals surface area contributed by atoms with Crippen molar-refractivity contribution in [2.45, 2.75) is 6.92 Å². The Kier molecular flexibility index (Phi) is 5.29. The van der Waals surface area contributed by atoms with Crippen LogP contribution in [0, 0.1) is 6.92 Å². The Hall–Kier alpha value is -4.33. The Bertz CT molecular complexity index is 965. The minimum atomic E-state index is 0.391. The summed E-state index contributed by atoms with van der Waals surface area (Å²) in [5.41, 5.74) is 16.6. The first-order valence-corrected chi connectivity index (χ1v) is 9.38. The molecule has 0 saturated heterocycles. The molecule has 7 N–H and O–H groups in total.